The molecular weight excluding hydrogens is 271 g/mol. The highest BCUT2D eigenvalue weighted by Crippen LogP contribution is 2.19. The van der Waals surface area contributed by atoms with Crippen molar-refractivity contribution in [2.75, 3.05) is 17.7 Å². The maximum atomic E-state index is 13.5. The number of nitrogens with two attached hydrogens (primary N) is 1. The molecule has 2 aromatic rings. The molecule has 5 heteroatoms. The quantitative estimate of drug-likeness (QED) is 0.850. The lowest BCUT2D eigenvalue weighted by Crippen LogP contribution is -2.20. The fourth-order valence-corrected chi connectivity index (χ4v) is 1.78. The zero-order valence-corrected chi connectivity index (χ0v) is 11.9. The van der Waals surface area contributed by atoms with Gasteiger partial charge in [0.1, 0.15) is 0 Å². The summed E-state index contributed by atoms with van der Waals surface area (Å²) in [5.74, 6) is -0.805. The van der Waals surface area contributed by atoms with Crippen LogP contribution in [0.25, 0.3) is 0 Å². The molecule has 2 aromatic carbocycles. The number of nitrogen functional groups attached to an aromatic ring is 1. The molecule has 21 heavy (non-hydrogen) atoms. The summed E-state index contributed by atoms with van der Waals surface area (Å²) >= 11 is 0. The fraction of sp³-hybridized carbons (Fsp3) is 0.188. The van der Waals surface area contributed by atoms with E-state index in [4.69, 9.17) is 10.5 Å². The van der Waals surface area contributed by atoms with Crippen LogP contribution < -0.4 is 15.8 Å². The zero-order chi connectivity index (χ0) is 15.4. The van der Waals surface area contributed by atoms with Gasteiger partial charge in [0.05, 0.1) is 0 Å². The smallest absolute Gasteiger partial charge is 0.262 e. The molecule has 3 N–H and O–H groups in total. The van der Waals surface area contributed by atoms with E-state index in [0.717, 1.165) is 11.1 Å². The lowest BCUT2D eigenvalue weighted by atomic mass is 10.2. The molecule has 0 aliphatic rings. The van der Waals surface area contributed by atoms with Gasteiger partial charge in [-0.25, -0.2) is 4.39 Å². The number of ether oxygens (including phenoxy) is 1. The van der Waals surface area contributed by atoms with Crippen molar-refractivity contribution >= 4 is 17.3 Å². The number of carbonyl (C=O) groups excluding carboxylic acids is 1. The number of hydrogen-bond donors (Lipinski definition) is 2. The second kappa shape index (κ2) is 6.26. The van der Waals surface area contributed by atoms with Crippen molar-refractivity contribution in [3.63, 3.8) is 0 Å². The van der Waals surface area contributed by atoms with E-state index >= 15 is 0 Å². The van der Waals surface area contributed by atoms with Crippen LogP contribution in [0.2, 0.25) is 0 Å². The molecule has 0 fully saturated rings. The predicted molar refractivity (Wildman–Crippen MR) is 80.9 cm³/mol. The Morgan fingerprint density at radius 2 is 2.00 bits per heavy atom. The molecule has 4 nitrogen and oxygen atoms in total. The molecule has 0 atom stereocenters. The number of hydrogen-bond acceptors (Lipinski definition) is 3. The molecule has 0 radical (unpaired) electrons. The van der Waals surface area contributed by atoms with Gasteiger partial charge in [0, 0.05) is 11.4 Å². The van der Waals surface area contributed by atoms with E-state index in [1.807, 2.05) is 19.9 Å². The molecule has 0 aromatic heterocycles. The molecule has 0 bridgehead atoms. The van der Waals surface area contributed by atoms with E-state index in [9.17, 15) is 9.18 Å². The van der Waals surface area contributed by atoms with E-state index in [2.05, 4.69) is 5.32 Å². The number of aryl methyl sites for hydroxylation is 2. The average molecular weight is 288 g/mol. The van der Waals surface area contributed by atoms with Crippen LogP contribution in [-0.4, -0.2) is 12.5 Å². The number of carbonyl (C=O) groups is 1. The zero-order valence-electron chi connectivity index (χ0n) is 11.9. The van der Waals surface area contributed by atoms with Crippen LogP contribution in [0.4, 0.5) is 15.8 Å². The Balaban J connectivity index is 1.95. The van der Waals surface area contributed by atoms with Crippen LogP contribution >= 0.6 is 0 Å². The second-order valence-corrected chi connectivity index (χ2v) is 4.84. The number of amides is 1. The monoisotopic (exact) mass is 288 g/mol. The van der Waals surface area contributed by atoms with Crippen LogP contribution in [0.15, 0.2) is 36.4 Å². The Morgan fingerprint density at radius 3 is 2.71 bits per heavy atom. The third-order valence-corrected chi connectivity index (χ3v) is 3.01. The molecule has 110 valence electrons. The number of anilines is 2. The molecule has 0 unspecified atom stereocenters. The standard InChI is InChI=1S/C16H17FN2O2/c1-10-3-6-13(17)15(7-10)21-9-16(20)19-12-5-4-11(2)14(18)8-12/h3-8H,9,18H2,1-2H3,(H,19,20). The molecule has 0 aliphatic heterocycles. The third kappa shape index (κ3) is 3.95. The summed E-state index contributed by atoms with van der Waals surface area (Å²) in [6.07, 6.45) is 0. The highest BCUT2D eigenvalue weighted by Gasteiger charge is 2.08. The molecule has 0 saturated carbocycles. The second-order valence-electron chi connectivity index (χ2n) is 4.84. The maximum absolute atomic E-state index is 13.5. The first kappa shape index (κ1) is 14.8. The molecule has 2 rings (SSSR count). The summed E-state index contributed by atoms with van der Waals surface area (Å²) in [7, 11) is 0. The van der Waals surface area contributed by atoms with E-state index in [1.54, 1.807) is 24.3 Å². The van der Waals surface area contributed by atoms with Crippen LogP contribution in [-0.2, 0) is 4.79 Å². The minimum atomic E-state index is -0.493. The van der Waals surface area contributed by atoms with Crippen LogP contribution in [0.1, 0.15) is 11.1 Å². The number of rotatable bonds is 4. The summed E-state index contributed by atoms with van der Waals surface area (Å²) in [5, 5.41) is 2.65. The van der Waals surface area contributed by atoms with Gasteiger partial charge in [0.2, 0.25) is 0 Å². The lowest BCUT2D eigenvalue weighted by Gasteiger charge is -2.10. The van der Waals surface area contributed by atoms with Crippen LogP contribution in [0.3, 0.4) is 0 Å². The Morgan fingerprint density at radius 1 is 1.24 bits per heavy atom. The summed E-state index contributed by atoms with van der Waals surface area (Å²) in [5.41, 5.74) is 8.74. The molecule has 0 aliphatic carbocycles. The molecule has 0 heterocycles. The maximum Gasteiger partial charge on any atom is 0.262 e. The molecule has 1 amide bonds. The number of halogens is 1. The van der Waals surface area contributed by atoms with E-state index < -0.39 is 5.82 Å². The van der Waals surface area contributed by atoms with Crippen molar-refractivity contribution < 1.29 is 13.9 Å². The molecule has 0 saturated heterocycles. The number of benzene rings is 2. The minimum Gasteiger partial charge on any atom is -0.481 e. The van der Waals surface area contributed by atoms with Crippen molar-refractivity contribution in [2.45, 2.75) is 13.8 Å². The first-order valence-electron chi connectivity index (χ1n) is 6.50. The van der Waals surface area contributed by atoms with Gasteiger partial charge >= 0.3 is 0 Å². The average Bonchev–Trinajstić information content (AvgIpc) is 2.44. The Bertz CT molecular complexity index is 671. The topological polar surface area (TPSA) is 64.3 Å². The number of nitrogens with one attached hydrogen (secondary N) is 1. The highest BCUT2D eigenvalue weighted by molar-refractivity contribution is 5.92. The first-order chi connectivity index (χ1) is 9.95. The normalized spacial score (nSPS) is 10.2. The Kier molecular flexibility index (Phi) is 4.42. The molecular formula is C16H17FN2O2. The van der Waals surface area contributed by atoms with Crippen LogP contribution in [0, 0.1) is 19.7 Å². The SMILES string of the molecule is Cc1ccc(F)c(OCC(=O)Nc2ccc(C)c(N)c2)c1. The highest BCUT2D eigenvalue weighted by atomic mass is 19.1. The first-order valence-corrected chi connectivity index (χ1v) is 6.50. The van der Waals surface area contributed by atoms with E-state index in [0.29, 0.717) is 11.4 Å². The van der Waals surface area contributed by atoms with Crippen molar-refractivity contribution in [1.29, 1.82) is 0 Å². The van der Waals surface area contributed by atoms with Gasteiger partial charge < -0.3 is 15.8 Å². The minimum absolute atomic E-state index is 0.0635. The third-order valence-electron chi connectivity index (χ3n) is 3.01. The molecule has 0 spiro atoms. The summed E-state index contributed by atoms with van der Waals surface area (Å²) in [6.45, 7) is 3.43. The van der Waals surface area contributed by atoms with E-state index in [-0.39, 0.29) is 18.3 Å². The van der Waals surface area contributed by atoms with Gasteiger partial charge in [-0.05, 0) is 49.2 Å². The van der Waals surface area contributed by atoms with Gasteiger partial charge in [0.25, 0.3) is 5.91 Å². The van der Waals surface area contributed by atoms with Gasteiger partial charge in [-0.3, -0.25) is 4.79 Å². The van der Waals surface area contributed by atoms with E-state index in [1.165, 1.54) is 6.07 Å². The van der Waals surface area contributed by atoms with Gasteiger partial charge in [-0.15, -0.1) is 0 Å². The lowest BCUT2D eigenvalue weighted by molar-refractivity contribution is -0.118. The summed E-state index contributed by atoms with van der Waals surface area (Å²) in [4.78, 5) is 11.8. The van der Waals surface area contributed by atoms with Gasteiger partial charge in [-0.2, -0.15) is 0 Å². The summed E-state index contributed by atoms with van der Waals surface area (Å²) in [6, 6.07) is 9.72. The fourth-order valence-electron chi connectivity index (χ4n) is 1.78. The van der Waals surface area contributed by atoms with Crippen LogP contribution in [0.5, 0.6) is 5.75 Å². The van der Waals surface area contributed by atoms with Crippen molar-refractivity contribution in [2.24, 2.45) is 0 Å². The Hall–Kier alpha value is -2.56. The van der Waals surface area contributed by atoms with Gasteiger partial charge in [-0.1, -0.05) is 12.1 Å². The van der Waals surface area contributed by atoms with Gasteiger partial charge in [0.15, 0.2) is 18.2 Å². The van der Waals surface area contributed by atoms with Crippen molar-refractivity contribution in [3.8, 4) is 5.75 Å². The summed E-state index contributed by atoms with van der Waals surface area (Å²) < 4.78 is 18.7. The predicted octanol–water partition coefficient (Wildman–Crippen LogP) is 3.04. The van der Waals surface area contributed by atoms with Crippen molar-refractivity contribution in [1.82, 2.24) is 0 Å². The largest absolute Gasteiger partial charge is 0.481 e. The Labute approximate surface area is 122 Å². The van der Waals surface area contributed by atoms with Crippen molar-refractivity contribution in [3.05, 3.63) is 53.3 Å².